The Kier molecular flexibility index (Phi) is 6.10. The molecule has 0 bridgehead atoms. The summed E-state index contributed by atoms with van der Waals surface area (Å²) >= 11 is 0. The minimum Gasteiger partial charge on any atom is -0.380 e. The van der Waals surface area contributed by atoms with Crippen molar-refractivity contribution in [1.82, 2.24) is 30.0 Å². The second kappa shape index (κ2) is 8.93. The third-order valence-corrected chi connectivity index (χ3v) is 5.15. The number of aryl methyl sites for hydroxylation is 1. The Morgan fingerprint density at radius 1 is 1.20 bits per heavy atom. The Bertz CT molecular complexity index is 980. The highest BCUT2D eigenvalue weighted by molar-refractivity contribution is 5.90. The molecule has 9 nitrogen and oxygen atoms in total. The zero-order chi connectivity index (χ0) is 21.1. The lowest BCUT2D eigenvalue weighted by Gasteiger charge is -2.36. The normalized spacial score (nSPS) is 19.4. The number of anilines is 3. The van der Waals surface area contributed by atoms with Crippen molar-refractivity contribution in [3.63, 3.8) is 0 Å². The maximum Gasteiger partial charge on any atom is 0.228 e. The van der Waals surface area contributed by atoms with Gasteiger partial charge in [0.15, 0.2) is 5.82 Å². The number of nitrogens with one attached hydrogen (secondary N) is 2. The summed E-state index contributed by atoms with van der Waals surface area (Å²) in [6.07, 6.45) is 1.76. The number of hydrogen-bond acceptors (Lipinski definition) is 8. The van der Waals surface area contributed by atoms with Crippen molar-refractivity contribution in [3.05, 3.63) is 30.1 Å². The molecule has 9 heteroatoms. The number of ether oxygens (including phenoxy) is 1. The summed E-state index contributed by atoms with van der Waals surface area (Å²) in [5.74, 6) is 2.17. The predicted octanol–water partition coefficient (Wildman–Crippen LogP) is 2.50. The molecule has 2 N–H and O–H groups in total. The van der Waals surface area contributed by atoms with Crippen LogP contribution in [0.3, 0.4) is 0 Å². The van der Waals surface area contributed by atoms with Crippen molar-refractivity contribution in [1.29, 1.82) is 0 Å². The maximum atomic E-state index is 5.55. The molecule has 3 aromatic rings. The van der Waals surface area contributed by atoms with E-state index in [0.29, 0.717) is 43.6 Å². The zero-order valence-electron chi connectivity index (χ0n) is 18.1. The van der Waals surface area contributed by atoms with E-state index in [1.165, 1.54) is 0 Å². The van der Waals surface area contributed by atoms with Crippen molar-refractivity contribution in [2.24, 2.45) is 0 Å². The molecule has 0 spiro atoms. The Hall–Kier alpha value is -2.78. The van der Waals surface area contributed by atoms with Crippen LogP contribution < -0.4 is 15.5 Å². The van der Waals surface area contributed by atoms with E-state index in [0.717, 1.165) is 35.6 Å². The van der Waals surface area contributed by atoms with Crippen LogP contribution in [0.15, 0.2) is 24.4 Å². The van der Waals surface area contributed by atoms with Crippen molar-refractivity contribution < 1.29 is 4.74 Å². The van der Waals surface area contributed by atoms with Gasteiger partial charge in [0.25, 0.3) is 0 Å². The molecule has 4 heterocycles. The Balaban J connectivity index is 1.78. The van der Waals surface area contributed by atoms with Gasteiger partial charge >= 0.3 is 0 Å². The van der Waals surface area contributed by atoms with Crippen LogP contribution in [0, 0.1) is 6.92 Å². The van der Waals surface area contributed by atoms with Gasteiger partial charge in [0, 0.05) is 38.0 Å². The topological polar surface area (TPSA) is 93.0 Å². The van der Waals surface area contributed by atoms with E-state index in [2.05, 4.69) is 34.4 Å². The lowest BCUT2D eigenvalue weighted by molar-refractivity contribution is 0.137. The predicted molar refractivity (Wildman–Crippen MR) is 118 cm³/mol. The van der Waals surface area contributed by atoms with Gasteiger partial charge in [-0.3, -0.25) is 4.68 Å². The number of nitrogens with zero attached hydrogens (tertiary/aromatic N) is 6. The minimum atomic E-state index is 0.371. The molecule has 0 amide bonds. The van der Waals surface area contributed by atoms with Crippen LogP contribution in [0.1, 0.15) is 26.5 Å². The summed E-state index contributed by atoms with van der Waals surface area (Å²) in [5.41, 5.74) is 2.61. The lowest BCUT2D eigenvalue weighted by atomic mass is 10.1. The Labute approximate surface area is 176 Å². The van der Waals surface area contributed by atoms with Crippen molar-refractivity contribution in [2.75, 3.05) is 36.5 Å². The lowest BCUT2D eigenvalue weighted by Crippen LogP contribution is -2.54. The number of fused-ring (bicyclic) bond motifs is 1. The first kappa shape index (κ1) is 20.5. The summed E-state index contributed by atoms with van der Waals surface area (Å²) in [5, 5.41) is 11.7. The minimum absolute atomic E-state index is 0.371. The van der Waals surface area contributed by atoms with Gasteiger partial charge in [0.05, 0.1) is 18.8 Å². The van der Waals surface area contributed by atoms with Crippen molar-refractivity contribution in [3.8, 4) is 0 Å². The van der Waals surface area contributed by atoms with Crippen LogP contribution in [0.2, 0.25) is 0 Å². The second-order valence-corrected chi connectivity index (χ2v) is 7.79. The number of hydrogen-bond donors (Lipinski definition) is 2. The standard InChI is InChI=1S/C21H30N8O/c1-5-30-11-10-29-19-18(16(4)27-29)25-21(28-12-14(2)23-15(3)13-28)26-20(19)24-17-8-6-7-9-22-17/h6-9,14-15,23H,5,10-13H2,1-4H3,(H,22,24,25,26)/t14-,15+. The van der Waals surface area contributed by atoms with Crippen molar-refractivity contribution in [2.45, 2.75) is 46.3 Å². The SMILES string of the molecule is CCOCCn1nc(C)c2nc(N3C[C@@H](C)N[C@@H](C)C3)nc(Nc3ccccn3)c21. The number of piperazine rings is 1. The molecule has 2 atom stereocenters. The fourth-order valence-corrected chi connectivity index (χ4v) is 3.95. The van der Waals surface area contributed by atoms with E-state index < -0.39 is 0 Å². The smallest absolute Gasteiger partial charge is 0.228 e. The van der Waals surface area contributed by atoms with E-state index in [9.17, 15) is 0 Å². The number of aromatic nitrogens is 5. The summed E-state index contributed by atoms with van der Waals surface area (Å²) in [7, 11) is 0. The first-order valence-electron chi connectivity index (χ1n) is 10.6. The number of pyridine rings is 1. The van der Waals surface area contributed by atoms with Crippen LogP contribution in [-0.4, -0.2) is 63.1 Å². The molecule has 0 saturated carbocycles. The molecule has 0 unspecified atom stereocenters. The summed E-state index contributed by atoms with van der Waals surface area (Å²) < 4.78 is 7.48. The van der Waals surface area contributed by atoms with Crippen LogP contribution in [0.5, 0.6) is 0 Å². The van der Waals surface area contributed by atoms with E-state index in [1.54, 1.807) is 6.20 Å². The van der Waals surface area contributed by atoms with Crippen molar-refractivity contribution >= 4 is 28.6 Å². The van der Waals surface area contributed by atoms with Gasteiger partial charge in [-0.2, -0.15) is 10.1 Å². The van der Waals surface area contributed by atoms with Crippen LogP contribution in [0.4, 0.5) is 17.6 Å². The summed E-state index contributed by atoms with van der Waals surface area (Å²) in [6, 6.07) is 6.51. The first-order valence-corrected chi connectivity index (χ1v) is 10.6. The van der Waals surface area contributed by atoms with Gasteiger partial charge in [-0.05, 0) is 39.8 Å². The fourth-order valence-electron chi connectivity index (χ4n) is 3.95. The molecular weight excluding hydrogens is 380 g/mol. The van der Waals surface area contributed by atoms with Gasteiger partial charge in [0.1, 0.15) is 16.9 Å². The van der Waals surface area contributed by atoms with E-state index in [1.807, 2.05) is 36.7 Å². The molecule has 1 aliphatic heterocycles. The van der Waals surface area contributed by atoms with Crippen LogP contribution >= 0.6 is 0 Å². The average Bonchev–Trinajstić information content (AvgIpc) is 3.04. The zero-order valence-corrected chi connectivity index (χ0v) is 18.1. The van der Waals surface area contributed by atoms with E-state index >= 15 is 0 Å². The first-order chi connectivity index (χ1) is 14.5. The van der Waals surface area contributed by atoms with E-state index in [-0.39, 0.29) is 0 Å². The Morgan fingerprint density at radius 3 is 2.70 bits per heavy atom. The van der Waals surface area contributed by atoms with Gasteiger partial charge < -0.3 is 20.3 Å². The molecule has 0 radical (unpaired) electrons. The molecule has 1 aliphatic rings. The summed E-state index contributed by atoms with van der Waals surface area (Å²) in [4.78, 5) is 16.5. The third kappa shape index (κ3) is 4.36. The molecule has 0 aromatic carbocycles. The van der Waals surface area contributed by atoms with Crippen LogP contribution in [-0.2, 0) is 11.3 Å². The highest BCUT2D eigenvalue weighted by Gasteiger charge is 2.25. The molecular formula is C21H30N8O. The number of rotatable bonds is 7. The molecule has 4 rings (SSSR count). The second-order valence-electron chi connectivity index (χ2n) is 7.79. The largest absolute Gasteiger partial charge is 0.380 e. The molecule has 30 heavy (non-hydrogen) atoms. The monoisotopic (exact) mass is 410 g/mol. The van der Waals surface area contributed by atoms with Crippen LogP contribution in [0.25, 0.3) is 11.0 Å². The molecule has 160 valence electrons. The molecule has 1 fully saturated rings. The maximum absolute atomic E-state index is 5.55. The molecule has 3 aromatic heterocycles. The summed E-state index contributed by atoms with van der Waals surface area (Å²) in [6.45, 7) is 12.0. The average molecular weight is 411 g/mol. The van der Waals surface area contributed by atoms with Gasteiger partial charge in [0.2, 0.25) is 5.95 Å². The highest BCUT2D eigenvalue weighted by atomic mass is 16.5. The van der Waals surface area contributed by atoms with E-state index in [4.69, 9.17) is 19.8 Å². The molecule has 0 aliphatic carbocycles. The Morgan fingerprint density at radius 2 is 2.00 bits per heavy atom. The fraction of sp³-hybridized carbons (Fsp3) is 0.524. The van der Waals surface area contributed by atoms with Gasteiger partial charge in [-0.1, -0.05) is 6.07 Å². The van der Waals surface area contributed by atoms with Gasteiger partial charge in [-0.25, -0.2) is 9.97 Å². The highest BCUT2D eigenvalue weighted by Crippen LogP contribution is 2.28. The van der Waals surface area contributed by atoms with Gasteiger partial charge in [-0.15, -0.1) is 0 Å². The molecule has 1 saturated heterocycles. The quantitative estimate of drug-likeness (QED) is 0.574. The third-order valence-electron chi connectivity index (χ3n) is 5.15.